The quantitative estimate of drug-likeness (QED) is 0.267. The number of rotatable bonds is 6. The van der Waals surface area contributed by atoms with Gasteiger partial charge in [-0.2, -0.15) is 0 Å². The van der Waals surface area contributed by atoms with E-state index in [1.165, 1.54) is 5.56 Å². The van der Waals surface area contributed by atoms with Crippen molar-refractivity contribution < 1.29 is 0 Å². The fourth-order valence-electron chi connectivity index (χ4n) is 4.12. The zero-order chi connectivity index (χ0) is 22.5. The standard InChI is InChI=1S/C31H26N2/c1-25-21-23-29(24-22-25)33(28-17-9-4-10-18-28)31-20-12-11-19-30(31)32(26-13-5-2-6-14-26)27-15-7-3-8-16-27/h2-24H,1H3. The molecule has 5 rings (SSSR count). The average Bonchev–Trinajstić information content (AvgIpc) is 2.88. The van der Waals surface area contributed by atoms with E-state index >= 15 is 0 Å². The van der Waals surface area contributed by atoms with Crippen LogP contribution in [-0.2, 0) is 0 Å². The van der Waals surface area contributed by atoms with Crippen molar-refractivity contribution in [1.82, 2.24) is 0 Å². The van der Waals surface area contributed by atoms with E-state index in [9.17, 15) is 0 Å². The van der Waals surface area contributed by atoms with Crippen molar-refractivity contribution in [1.29, 1.82) is 0 Å². The molecular weight excluding hydrogens is 400 g/mol. The molecule has 0 unspecified atom stereocenters. The zero-order valence-corrected chi connectivity index (χ0v) is 18.7. The van der Waals surface area contributed by atoms with Gasteiger partial charge >= 0.3 is 0 Å². The minimum absolute atomic E-state index is 1.11. The molecule has 0 amide bonds. The van der Waals surface area contributed by atoms with Crippen LogP contribution in [0.5, 0.6) is 0 Å². The van der Waals surface area contributed by atoms with E-state index in [1.54, 1.807) is 0 Å². The smallest absolute Gasteiger partial charge is 0.0702 e. The van der Waals surface area contributed by atoms with E-state index in [1.807, 2.05) is 0 Å². The third-order valence-corrected chi connectivity index (χ3v) is 5.70. The lowest BCUT2D eigenvalue weighted by atomic mass is 10.1. The Labute approximate surface area is 196 Å². The summed E-state index contributed by atoms with van der Waals surface area (Å²) in [6.45, 7) is 2.12. The van der Waals surface area contributed by atoms with Crippen molar-refractivity contribution in [3.05, 3.63) is 145 Å². The summed E-state index contributed by atoms with van der Waals surface area (Å²) in [5.74, 6) is 0. The van der Waals surface area contributed by atoms with Crippen LogP contribution in [-0.4, -0.2) is 0 Å². The maximum atomic E-state index is 2.33. The first-order valence-corrected chi connectivity index (χ1v) is 11.2. The van der Waals surface area contributed by atoms with Crippen LogP contribution in [0.25, 0.3) is 0 Å². The van der Waals surface area contributed by atoms with Crippen LogP contribution >= 0.6 is 0 Å². The van der Waals surface area contributed by atoms with Gasteiger partial charge < -0.3 is 9.80 Å². The lowest BCUT2D eigenvalue weighted by Gasteiger charge is -2.33. The average molecular weight is 427 g/mol. The summed E-state index contributed by atoms with van der Waals surface area (Å²) in [4.78, 5) is 4.65. The van der Waals surface area contributed by atoms with E-state index in [0.29, 0.717) is 0 Å². The first-order chi connectivity index (χ1) is 16.3. The fourth-order valence-corrected chi connectivity index (χ4v) is 4.12. The van der Waals surface area contributed by atoms with Gasteiger partial charge in [-0.1, -0.05) is 84.4 Å². The summed E-state index contributed by atoms with van der Waals surface area (Å²) >= 11 is 0. The molecule has 0 fully saturated rings. The molecular formula is C31H26N2. The number of aryl methyl sites for hydroxylation is 1. The van der Waals surface area contributed by atoms with E-state index in [-0.39, 0.29) is 0 Å². The Morgan fingerprint density at radius 2 is 0.636 bits per heavy atom. The topological polar surface area (TPSA) is 6.48 Å². The normalized spacial score (nSPS) is 10.6. The number of hydrogen-bond acceptors (Lipinski definition) is 2. The molecule has 0 bridgehead atoms. The van der Waals surface area contributed by atoms with Crippen molar-refractivity contribution in [2.75, 3.05) is 9.80 Å². The van der Waals surface area contributed by atoms with Gasteiger partial charge in [0, 0.05) is 22.7 Å². The first-order valence-electron chi connectivity index (χ1n) is 11.2. The van der Waals surface area contributed by atoms with Gasteiger partial charge in [0.15, 0.2) is 0 Å². The molecule has 0 spiro atoms. The Morgan fingerprint density at radius 1 is 0.333 bits per heavy atom. The minimum Gasteiger partial charge on any atom is -0.308 e. The van der Waals surface area contributed by atoms with Crippen LogP contribution in [0.15, 0.2) is 140 Å². The molecule has 33 heavy (non-hydrogen) atoms. The first kappa shape index (κ1) is 20.6. The molecule has 0 saturated carbocycles. The Kier molecular flexibility index (Phi) is 5.90. The third kappa shape index (κ3) is 4.37. The summed E-state index contributed by atoms with van der Waals surface area (Å²) < 4.78 is 0. The van der Waals surface area contributed by atoms with Gasteiger partial charge in [0.1, 0.15) is 0 Å². The van der Waals surface area contributed by atoms with Crippen LogP contribution in [0.2, 0.25) is 0 Å². The van der Waals surface area contributed by atoms with Gasteiger partial charge in [-0.25, -0.2) is 0 Å². The van der Waals surface area contributed by atoms with Crippen LogP contribution in [0, 0.1) is 6.92 Å². The summed E-state index contributed by atoms with van der Waals surface area (Å²) in [7, 11) is 0. The maximum absolute atomic E-state index is 2.33. The van der Waals surface area contributed by atoms with Gasteiger partial charge in [-0.3, -0.25) is 0 Å². The largest absolute Gasteiger partial charge is 0.308 e. The van der Waals surface area contributed by atoms with Crippen LogP contribution in [0.3, 0.4) is 0 Å². The Morgan fingerprint density at radius 3 is 1.00 bits per heavy atom. The summed E-state index contributed by atoms with van der Waals surface area (Å²) in [6.07, 6.45) is 0. The molecule has 2 heteroatoms. The predicted molar refractivity (Wildman–Crippen MR) is 141 cm³/mol. The Hall–Kier alpha value is -4.30. The molecule has 160 valence electrons. The second-order valence-corrected chi connectivity index (χ2v) is 8.00. The summed E-state index contributed by atoms with van der Waals surface area (Å²) in [6, 6.07) is 48.9. The zero-order valence-electron chi connectivity index (χ0n) is 18.7. The van der Waals surface area contributed by atoms with Crippen molar-refractivity contribution >= 4 is 34.1 Å². The molecule has 0 aliphatic carbocycles. The monoisotopic (exact) mass is 426 g/mol. The second kappa shape index (κ2) is 9.46. The fraction of sp³-hybridized carbons (Fsp3) is 0.0323. The number of nitrogens with zero attached hydrogens (tertiary/aromatic N) is 2. The molecule has 5 aromatic carbocycles. The Bertz CT molecular complexity index is 1260. The molecule has 0 aliphatic heterocycles. The van der Waals surface area contributed by atoms with Crippen LogP contribution in [0.4, 0.5) is 34.1 Å². The SMILES string of the molecule is Cc1ccc(N(c2ccccc2)c2ccccc2N(c2ccccc2)c2ccccc2)cc1. The van der Waals surface area contributed by atoms with Crippen LogP contribution in [0.1, 0.15) is 5.56 Å². The van der Waals surface area contributed by atoms with Gasteiger partial charge in [0.05, 0.1) is 11.4 Å². The van der Waals surface area contributed by atoms with E-state index in [2.05, 4.69) is 156 Å². The third-order valence-electron chi connectivity index (χ3n) is 5.70. The maximum Gasteiger partial charge on any atom is 0.0702 e. The van der Waals surface area contributed by atoms with Gasteiger partial charge in [-0.15, -0.1) is 0 Å². The number of hydrogen-bond donors (Lipinski definition) is 0. The molecule has 0 radical (unpaired) electrons. The minimum atomic E-state index is 1.11. The molecule has 0 saturated heterocycles. The predicted octanol–water partition coefficient (Wildman–Crippen LogP) is 8.93. The lowest BCUT2D eigenvalue weighted by molar-refractivity contribution is 1.22. The summed E-state index contributed by atoms with van der Waals surface area (Å²) in [5, 5.41) is 0. The van der Waals surface area contributed by atoms with Crippen molar-refractivity contribution in [2.45, 2.75) is 6.92 Å². The number of anilines is 6. The summed E-state index contributed by atoms with van der Waals surface area (Å²) in [5.41, 5.74) is 7.95. The van der Waals surface area contributed by atoms with Crippen molar-refractivity contribution in [3.63, 3.8) is 0 Å². The highest BCUT2D eigenvalue weighted by Gasteiger charge is 2.21. The van der Waals surface area contributed by atoms with E-state index < -0.39 is 0 Å². The lowest BCUT2D eigenvalue weighted by Crippen LogP contribution is -2.16. The molecule has 0 N–H and O–H groups in total. The van der Waals surface area contributed by atoms with Crippen LogP contribution < -0.4 is 9.80 Å². The number of benzene rings is 5. The van der Waals surface area contributed by atoms with Gasteiger partial charge in [0.2, 0.25) is 0 Å². The molecule has 0 aromatic heterocycles. The van der Waals surface area contributed by atoms with Crippen molar-refractivity contribution in [2.24, 2.45) is 0 Å². The molecule has 0 heterocycles. The molecule has 0 atom stereocenters. The van der Waals surface area contributed by atoms with E-state index in [4.69, 9.17) is 0 Å². The van der Waals surface area contributed by atoms with E-state index in [0.717, 1.165) is 34.1 Å². The second-order valence-electron chi connectivity index (χ2n) is 8.00. The molecule has 0 aliphatic rings. The van der Waals surface area contributed by atoms with Gasteiger partial charge in [-0.05, 0) is 67.6 Å². The molecule has 2 nitrogen and oxygen atoms in total. The highest BCUT2D eigenvalue weighted by molar-refractivity contribution is 5.91. The Balaban J connectivity index is 1.74. The highest BCUT2D eigenvalue weighted by Crippen LogP contribution is 2.45. The highest BCUT2D eigenvalue weighted by atomic mass is 15.2. The van der Waals surface area contributed by atoms with Gasteiger partial charge in [0.25, 0.3) is 0 Å². The molecule has 5 aromatic rings. The number of para-hydroxylation sites is 5. The van der Waals surface area contributed by atoms with Crippen molar-refractivity contribution in [3.8, 4) is 0 Å².